The first-order valence-electron chi connectivity index (χ1n) is 6.01. The van der Waals surface area contributed by atoms with Gasteiger partial charge in [-0.3, -0.25) is 4.79 Å². The summed E-state index contributed by atoms with van der Waals surface area (Å²) in [7, 11) is 0. The number of aromatic nitrogens is 3. The van der Waals surface area contributed by atoms with E-state index < -0.39 is 6.04 Å². The second kappa shape index (κ2) is 44.7. The molecule has 10 nitrogen and oxygen atoms in total. The molecule has 0 fully saturated rings. The zero-order valence-corrected chi connectivity index (χ0v) is 14.4. The Morgan fingerprint density at radius 2 is 1.39 bits per heavy atom. The van der Waals surface area contributed by atoms with Crippen molar-refractivity contribution in [3.05, 3.63) is 29.5 Å². The maximum Gasteiger partial charge on any atom is 1.00 e. The molecule has 33 heavy (non-hydrogen) atoms. The molecule has 0 aliphatic heterocycles. The third-order valence-electron chi connectivity index (χ3n) is 2.63. The number of carbonyl (C=O) groups is 1. The van der Waals surface area contributed by atoms with E-state index in [4.69, 9.17) is 5.26 Å². The van der Waals surface area contributed by atoms with Gasteiger partial charge in [-0.15, -0.1) is 5.10 Å². The van der Waals surface area contributed by atoms with Gasteiger partial charge in [0.25, 0.3) is 0 Å². The van der Waals surface area contributed by atoms with Crippen molar-refractivity contribution in [2.45, 2.75) is 93.7 Å². The molecule has 200 valence electrons. The van der Waals surface area contributed by atoms with Gasteiger partial charge in [-0.1, -0.05) is 92.8 Å². The van der Waals surface area contributed by atoms with Gasteiger partial charge in [-0.25, -0.2) is 4.99 Å². The molecule has 2 aromatic rings. The van der Waals surface area contributed by atoms with Crippen molar-refractivity contribution in [3.63, 3.8) is 0 Å². The maximum absolute atomic E-state index is 10.6. The fourth-order valence-electron chi connectivity index (χ4n) is 1.60. The van der Waals surface area contributed by atoms with Crippen LogP contribution in [0.2, 0.25) is 0 Å². The summed E-state index contributed by atoms with van der Waals surface area (Å²) >= 11 is 0. The summed E-state index contributed by atoms with van der Waals surface area (Å²) in [5, 5.41) is 25.6. The van der Waals surface area contributed by atoms with Crippen molar-refractivity contribution < 1.29 is 65.1 Å². The van der Waals surface area contributed by atoms with Crippen LogP contribution in [-0.4, -0.2) is 43.2 Å². The van der Waals surface area contributed by atoms with E-state index in [1.54, 1.807) is 23.7 Å². The fraction of sp³-hybridized carbons (Fsp3) is 0.667. The molecule has 12 heteroatoms. The Bertz CT molecular complexity index is 583. The molecule has 0 bridgehead atoms. The number of nitrogens with one attached hydrogen (secondary N) is 1. The fourth-order valence-corrected chi connectivity index (χ4v) is 1.60. The number of hydrogen-bond acceptors (Lipinski definition) is 9. The monoisotopic (exact) mass is 474 g/mol. The van der Waals surface area contributed by atoms with E-state index >= 15 is 0 Å². The first-order valence-corrected chi connectivity index (χ1v) is 6.01. The van der Waals surface area contributed by atoms with Crippen molar-refractivity contribution >= 4 is 16.8 Å². The molecule has 0 aliphatic rings. The maximum atomic E-state index is 10.6. The first-order chi connectivity index (χ1) is 9.51. The Hall–Kier alpha value is -0.915. The largest absolute Gasteiger partial charge is 1.00 e. The number of Topliss-reactive ketones (excluding diaryl/α,β-unsaturated/α-hetero) is 1. The van der Waals surface area contributed by atoms with Crippen LogP contribution in [-0.2, 0) is 4.79 Å². The van der Waals surface area contributed by atoms with E-state index in [2.05, 4.69) is 15.3 Å². The number of fused-ring (bicyclic) bond motifs is 1. The number of rotatable bonds is 4. The van der Waals surface area contributed by atoms with Crippen LogP contribution in [0.1, 0.15) is 89.0 Å². The summed E-state index contributed by atoms with van der Waals surface area (Å²) < 4.78 is 0. The average molecular weight is 475 g/mol. The second-order valence-corrected chi connectivity index (χ2v) is 4.48. The summed E-state index contributed by atoms with van der Waals surface area (Å²) in [6, 6.07) is 6.63. The molecule has 0 saturated heterocycles. The van der Waals surface area contributed by atoms with E-state index in [-0.39, 0.29) is 129 Å². The molecule has 4 N–H and O–H groups in total. The molecule has 0 saturated carbocycles. The number of hydroxylamine groups is 1. The van der Waals surface area contributed by atoms with Crippen LogP contribution in [0.3, 0.4) is 0 Å². The predicted octanol–water partition coefficient (Wildman–Crippen LogP) is 0.512. The van der Waals surface area contributed by atoms with Crippen molar-refractivity contribution in [1.82, 2.24) is 20.6 Å². The summed E-state index contributed by atoms with van der Waals surface area (Å²) in [4.78, 5) is 15.4. The summed E-state index contributed by atoms with van der Waals surface area (Å²) in [5.74, 6) is -0.0139. The molecule has 0 amide bonds. The van der Waals surface area contributed by atoms with Crippen molar-refractivity contribution in [1.29, 1.82) is 0 Å². The van der Waals surface area contributed by atoms with E-state index in [1.165, 1.54) is 6.92 Å². The molecule has 0 unspecified atom stereocenters. The van der Waals surface area contributed by atoms with Gasteiger partial charge in [0, 0.05) is 0 Å². The number of carbonyl (C=O) groups excluding carboxylic acids is 1. The van der Waals surface area contributed by atoms with Crippen LogP contribution in [0.4, 0.5) is 0 Å². The Balaban J connectivity index is -0.0000000140. The van der Waals surface area contributed by atoms with Crippen LogP contribution >= 0.6 is 0 Å². The Morgan fingerprint density at radius 1 is 1.00 bits per heavy atom. The summed E-state index contributed by atoms with van der Waals surface area (Å²) in [6.45, 7) is 5.07. The summed E-state index contributed by atoms with van der Waals surface area (Å²) in [6.07, 6.45) is 0. The third kappa shape index (κ3) is 27.2. The number of para-hydroxylation sites is 1. The molecule has 0 radical (unpaired) electrons. The zero-order chi connectivity index (χ0) is 15.1. The Kier molecular flexibility index (Phi) is 115. The van der Waals surface area contributed by atoms with Crippen LogP contribution in [0, 0.1) is 11.1 Å². The molecule has 1 heterocycles. The van der Waals surface area contributed by atoms with Crippen LogP contribution in [0.5, 0.6) is 0 Å². The van der Waals surface area contributed by atoms with Gasteiger partial charge in [0.05, 0.1) is 6.04 Å². The van der Waals surface area contributed by atoms with Gasteiger partial charge in [0.2, 0.25) is 0 Å². The number of hydrogen-bond donors (Lipinski definition) is 2. The quantitative estimate of drug-likeness (QED) is 0.364. The minimum absolute atomic E-state index is 0. The van der Waals surface area contributed by atoms with Crippen molar-refractivity contribution in [2.24, 2.45) is 5.92 Å². The van der Waals surface area contributed by atoms with E-state index in [1.807, 2.05) is 19.9 Å². The number of nitrogens with zero attached hydrogens (tertiary/aromatic N) is 3. The van der Waals surface area contributed by atoms with Crippen LogP contribution < -0.4 is 48.2 Å². The van der Waals surface area contributed by atoms with E-state index in [9.17, 15) is 10.0 Å². The minimum atomic E-state index is -0.523. The standard InChI is InChI=1S/C6H5N3O2.C6H12NO2.9CH4.2Li.2H2O.H/c10-11-9-6-4-2-1-3-5(6)7-8-9;1-4(2)6(7-9)5(3)8;;;;;;;;;;;;;;/h1-4,10H;4,6-7H,1-3H3;9*1H4;;;2*1H2;/q;-1;;;;;;;;;;2*+1;;;-1/p-2/t;6-;;;;;;;;;;;;;;/m.1............../s1. The van der Waals surface area contributed by atoms with Crippen molar-refractivity contribution in [3.8, 4) is 0 Å². The molecular formula is C21H56Li2N4O6-2. The first kappa shape index (κ1) is 85.1. The normalized spacial score (nSPS) is 7.21. The zero-order valence-electron chi connectivity index (χ0n) is 15.4. The predicted molar refractivity (Wildman–Crippen MR) is 138 cm³/mol. The summed E-state index contributed by atoms with van der Waals surface area (Å²) in [5.41, 5.74) is 3.02. The number of ketones is 1. The van der Waals surface area contributed by atoms with Gasteiger partial charge in [-0.05, 0) is 35.0 Å². The Morgan fingerprint density at radius 3 is 1.67 bits per heavy atom. The van der Waals surface area contributed by atoms with Gasteiger partial charge in [-0.2, -0.15) is 5.26 Å². The minimum Gasteiger partial charge on any atom is -1.00 e. The number of benzene rings is 1. The molecule has 1 aromatic heterocycles. The van der Waals surface area contributed by atoms with E-state index in [0.29, 0.717) is 11.0 Å². The molecule has 0 aliphatic carbocycles. The molecule has 1 atom stereocenters. The SMILES string of the molecule is C.C.C.C.C.C.C.C.C.CC(=O)[C@H](N[O-])C(C)C.OOn1nnc2ccccc21.[H-].[Li+].[Li+].[OH-].[OH-]. The van der Waals surface area contributed by atoms with Crippen LogP contribution in [0.25, 0.3) is 11.0 Å². The average Bonchev–Trinajstić information content (AvgIpc) is 2.82. The Labute approximate surface area is 231 Å². The molecule has 0 spiro atoms. The topological polar surface area (TPSA) is 172 Å². The molecule has 1 aromatic carbocycles. The van der Waals surface area contributed by atoms with Crippen molar-refractivity contribution in [2.75, 3.05) is 0 Å². The smallest absolute Gasteiger partial charge is 1.00 e. The van der Waals surface area contributed by atoms with Gasteiger partial charge >= 0.3 is 37.7 Å². The van der Waals surface area contributed by atoms with Gasteiger partial charge in [0.15, 0.2) is 0 Å². The van der Waals surface area contributed by atoms with Crippen LogP contribution in [0.15, 0.2) is 24.3 Å². The van der Waals surface area contributed by atoms with Gasteiger partial charge in [0.1, 0.15) is 16.8 Å². The molecule has 2 rings (SSSR count). The van der Waals surface area contributed by atoms with Gasteiger partial charge < -0.3 is 23.1 Å². The third-order valence-corrected chi connectivity index (χ3v) is 2.63. The molecular weight excluding hydrogens is 418 g/mol. The second-order valence-electron chi connectivity index (χ2n) is 4.48. The van der Waals surface area contributed by atoms with E-state index in [0.717, 1.165) is 4.85 Å².